The monoisotopic (exact) mass is 349 g/mol. The zero-order valence-electron chi connectivity index (χ0n) is 15.3. The van der Waals surface area contributed by atoms with Crippen LogP contribution in [-0.2, 0) is 23.9 Å². The highest BCUT2D eigenvalue weighted by atomic mass is 16.6. The average molecular weight is 349 g/mol. The van der Waals surface area contributed by atoms with E-state index in [9.17, 15) is 0 Å². The molecule has 0 aliphatic carbocycles. The molecule has 0 saturated heterocycles. The Labute approximate surface area is 152 Å². The highest BCUT2D eigenvalue weighted by Gasteiger charge is 2.16. The highest BCUT2D eigenvalue weighted by Crippen LogP contribution is 2.20. The van der Waals surface area contributed by atoms with E-state index in [4.69, 9.17) is 4.84 Å². The molecule has 0 bridgehead atoms. The van der Waals surface area contributed by atoms with E-state index in [0.717, 1.165) is 16.8 Å². The van der Waals surface area contributed by atoms with E-state index in [2.05, 4.69) is 52.6 Å². The van der Waals surface area contributed by atoms with Crippen molar-refractivity contribution in [3.63, 3.8) is 0 Å². The van der Waals surface area contributed by atoms with Gasteiger partial charge in [-0.25, -0.2) is 9.67 Å². The second kappa shape index (κ2) is 7.43. The van der Waals surface area contributed by atoms with Gasteiger partial charge in [-0.15, -0.1) is 5.10 Å². The third-order valence-corrected chi connectivity index (χ3v) is 3.82. The SMILES string of the molecule is Cn1nnnc1C(=NOCc1ccc(C(C)(C)C)[c]n1)c1ccccc1. The van der Waals surface area contributed by atoms with Gasteiger partial charge in [0, 0.05) is 12.6 Å². The van der Waals surface area contributed by atoms with Crippen LogP contribution in [0.2, 0.25) is 0 Å². The van der Waals surface area contributed by atoms with Gasteiger partial charge in [-0.3, -0.25) is 0 Å². The quantitative estimate of drug-likeness (QED) is 0.523. The maximum Gasteiger partial charge on any atom is 0.204 e. The van der Waals surface area contributed by atoms with Gasteiger partial charge in [0.25, 0.3) is 0 Å². The Hall–Kier alpha value is -3.09. The highest BCUT2D eigenvalue weighted by molar-refractivity contribution is 6.10. The fourth-order valence-electron chi connectivity index (χ4n) is 2.30. The topological polar surface area (TPSA) is 78.1 Å². The molecular weight excluding hydrogens is 328 g/mol. The fraction of sp³-hybridized carbons (Fsp3) is 0.316. The Balaban J connectivity index is 1.78. The van der Waals surface area contributed by atoms with Crippen LogP contribution in [0.25, 0.3) is 0 Å². The summed E-state index contributed by atoms with van der Waals surface area (Å²) in [6, 6.07) is 13.6. The number of oxime groups is 1. The van der Waals surface area contributed by atoms with E-state index < -0.39 is 0 Å². The summed E-state index contributed by atoms with van der Waals surface area (Å²) in [6.45, 7) is 6.62. The number of benzene rings is 1. The lowest BCUT2D eigenvalue weighted by molar-refractivity contribution is 0.128. The van der Waals surface area contributed by atoms with Crippen LogP contribution in [-0.4, -0.2) is 30.9 Å². The van der Waals surface area contributed by atoms with Crippen molar-refractivity contribution in [1.29, 1.82) is 0 Å². The minimum atomic E-state index is 0.0171. The molecule has 2 aromatic heterocycles. The molecule has 0 unspecified atom stereocenters. The minimum Gasteiger partial charge on any atom is -0.389 e. The maximum atomic E-state index is 5.54. The maximum absolute atomic E-state index is 5.54. The van der Waals surface area contributed by atoms with Gasteiger partial charge in [0.1, 0.15) is 0 Å². The molecule has 0 amide bonds. The molecule has 0 spiro atoms. The molecule has 0 fully saturated rings. The summed E-state index contributed by atoms with van der Waals surface area (Å²) in [4.78, 5) is 9.87. The molecule has 0 atom stereocenters. The van der Waals surface area contributed by atoms with E-state index in [0.29, 0.717) is 11.5 Å². The Morgan fingerprint density at radius 2 is 1.92 bits per heavy atom. The number of tetrazole rings is 1. The molecule has 133 valence electrons. The first-order chi connectivity index (χ1) is 12.4. The van der Waals surface area contributed by atoms with Crippen LogP contribution in [0.15, 0.2) is 47.6 Å². The van der Waals surface area contributed by atoms with Crippen molar-refractivity contribution in [2.24, 2.45) is 12.2 Å². The number of hydrogen-bond acceptors (Lipinski definition) is 6. The second-order valence-electron chi connectivity index (χ2n) is 6.92. The molecule has 0 saturated carbocycles. The molecule has 7 heteroatoms. The first kappa shape index (κ1) is 17.7. The van der Waals surface area contributed by atoms with Gasteiger partial charge in [0.15, 0.2) is 12.3 Å². The Bertz CT molecular complexity index is 878. The molecule has 26 heavy (non-hydrogen) atoms. The summed E-state index contributed by atoms with van der Waals surface area (Å²) in [6.07, 6.45) is 3.07. The lowest BCUT2D eigenvalue weighted by Crippen LogP contribution is -2.13. The van der Waals surface area contributed by atoms with Gasteiger partial charge < -0.3 is 4.84 Å². The molecule has 1 aromatic carbocycles. The predicted molar refractivity (Wildman–Crippen MR) is 97.4 cm³/mol. The third-order valence-electron chi connectivity index (χ3n) is 3.82. The van der Waals surface area contributed by atoms with Crippen molar-refractivity contribution in [2.75, 3.05) is 0 Å². The summed E-state index contributed by atoms with van der Waals surface area (Å²) in [5, 5.41) is 15.8. The lowest BCUT2D eigenvalue weighted by atomic mass is 9.88. The van der Waals surface area contributed by atoms with Crippen molar-refractivity contribution in [3.05, 3.63) is 71.3 Å². The molecule has 3 aromatic rings. The van der Waals surface area contributed by atoms with Crippen molar-refractivity contribution >= 4 is 5.71 Å². The molecular formula is C19H21N6O. The van der Waals surface area contributed by atoms with Crippen LogP contribution in [0.1, 0.15) is 43.4 Å². The molecule has 7 nitrogen and oxygen atoms in total. The van der Waals surface area contributed by atoms with Crippen LogP contribution in [0.4, 0.5) is 0 Å². The van der Waals surface area contributed by atoms with E-state index >= 15 is 0 Å². The molecule has 3 rings (SSSR count). The Morgan fingerprint density at radius 1 is 1.15 bits per heavy atom. The largest absolute Gasteiger partial charge is 0.389 e. The second-order valence-corrected chi connectivity index (χ2v) is 6.92. The Kier molecular flexibility index (Phi) is 5.06. The first-order valence-corrected chi connectivity index (χ1v) is 8.31. The van der Waals surface area contributed by atoms with E-state index in [1.54, 1.807) is 11.7 Å². The Morgan fingerprint density at radius 3 is 2.50 bits per heavy atom. The molecule has 2 heterocycles. The zero-order valence-corrected chi connectivity index (χ0v) is 15.3. The number of aryl methyl sites for hydroxylation is 1. The van der Waals surface area contributed by atoms with Crippen molar-refractivity contribution in [2.45, 2.75) is 32.8 Å². The average Bonchev–Trinajstić information content (AvgIpc) is 3.05. The number of nitrogens with zero attached hydrogens (tertiary/aromatic N) is 6. The van der Waals surface area contributed by atoms with Gasteiger partial charge in [0.2, 0.25) is 5.82 Å². The number of hydrogen-bond donors (Lipinski definition) is 0. The molecule has 1 radical (unpaired) electrons. The zero-order chi connectivity index (χ0) is 18.6. The molecule has 0 aliphatic rings. The first-order valence-electron chi connectivity index (χ1n) is 8.31. The summed E-state index contributed by atoms with van der Waals surface area (Å²) in [7, 11) is 1.76. The lowest BCUT2D eigenvalue weighted by Gasteiger charge is -2.17. The van der Waals surface area contributed by atoms with Gasteiger partial charge in [0.05, 0.1) is 11.9 Å². The minimum absolute atomic E-state index is 0.0171. The van der Waals surface area contributed by atoms with Gasteiger partial charge in [-0.1, -0.05) is 62.3 Å². The number of aromatic nitrogens is 5. The van der Waals surface area contributed by atoms with E-state index in [-0.39, 0.29) is 12.0 Å². The molecule has 0 N–H and O–H groups in total. The number of rotatable bonds is 5. The van der Waals surface area contributed by atoms with E-state index in [1.807, 2.05) is 42.5 Å². The number of pyridine rings is 1. The standard InChI is InChI=1S/C19H21N6O/c1-19(2,3)15-10-11-16(20-12-15)13-26-22-17(14-8-6-5-7-9-14)18-21-23-24-25(18)4/h5-11H,13H2,1-4H3. The van der Waals surface area contributed by atoms with Crippen LogP contribution >= 0.6 is 0 Å². The van der Waals surface area contributed by atoms with Crippen LogP contribution in [0.5, 0.6) is 0 Å². The van der Waals surface area contributed by atoms with Crippen LogP contribution in [0, 0.1) is 6.20 Å². The van der Waals surface area contributed by atoms with Gasteiger partial charge in [-0.05, 0) is 27.5 Å². The van der Waals surface area contributed by atoms with E-state index in [1.165, 1.54) is 0 Å². The smallest absolute Gasteiger partial charge is 0.204 e. The predicted octanol–water partition coefficient (Wildman–Crippen LogP) is 2.67. The van der Waals surface area contributed by atoms with Crippen molar-refractivity contribution < 1.29 is 4.84 Å². The fourth-order valence-corrected chi connectivity index (χ4v) is 2.30. The van der Waals surface area contributed by atoms with Gasteiger partial charge in [-0.2, -0.15) is 0 Å². The normalized spacial score (nSPS) is 12.2. The summed E-state index contributed by atoms with van der Waals surface area (Å²) in [5.74, 6) is 0.527. The third kappa shape index (κ3) is 4.11. The van der Waals surface area contributed by atoms with Gasteiger partial charge >= 0.3 is 0 Å². The van der Waals surface area contributed by atoms with Crippen molar-refractivity contribution in [3.8, 4) is 0 Å². The van der Waals surface area contributed by atoms with Crippen LogP contribution < -0.4 is 0 Å². The van der Waals surface area contributed by atoms with Crippen molar-refractivity contribution in [1.82, 2.24) is 25.2 Å². The summed E-state index contributed by atoms with van der Waals surface area (Å²) in [5.41, 5.74) is 3.26. The summed E-state index contributed by atoms with van der Waals surface area (Å²) >= 11 is 0. The summed E-state index contributed by atoms with van der Waals surface area (Å²) < 4.78 is 1.55. The molecule has 0 aliphatic heterocycles. The van der Waals surface area contributed by atoms with Crippen LogP contribution in [0.3, 0.4) is 0 Å².